The van der Waals surface area contributed by atoms with Crippen LogP contribution in [0.25, 0.3) is 0 Å². The van der Waals surface area contributed by atoms with Crippen molar-refractivity contribution in [3.05, 3.63) is 29.8 Å². The Labute approximate surface area is 118 Å². The van der Waals surface area contributed by atoms with Crippen LogP contribution in [0.3, 0.4) is 0 Å². The van der Waals surface area contributed by atoms with Crippen LogP contribution in [0.15, 0.2) is 24.3 Å². The summed E-state index contributed by atoms with van der Waals surface area (Å²) in [6.45, 7) is 0.433. The second kappa shape index (κ2) is 9.28. The first-order valence-corrected chi connectivity index (χ1v) is 6.21. The van der Waals surface area contributed by atoms with E-state index in [4.69, 9.17) is 19.5 Å². The minimum atomic E-state index is -0.791. The smallest absolute Gasteiger partial charge is 0.119 e. The Balaban J connectivity index is 2.19. The van der Waals surface area contributed by atoms with E-state index in [2.05, 4.69) is 0 Å². The van der Waals surface area contributed by atoms with Crippen LogP contribution in [-0.2, 0) is 9.47 Å². The molecule has 110 valence electrons. The van der Waals surface area contributed by atoms with E-state index in [1.54, 1.807) is 24.3 Å². The largest absolute Gasteiger partial charge is 0.491 e. The summed E-state index contributed by atoms with van der Waals surface area (Å²) in [5.41, 5.74) is 0.549. The Kier molecular flexibility index (Phi) is 7.62. The first-order valence-electron chi connectivity index (χ1n) is 6.21. The van der Waals surface area contributed by atoms with Gasteiger partial charge in [-0.2, -0.15) is 5.26 Å². The highest BCUT2D eigenvalue weighted by molar-refractivity contribution is 5.34. The maximum atomic E-state index is 9.64. The highest BCUT2D eigenvalue weighted by Crippen LogP contribution is 2.11. The van der Waals surface area contributed by atoms with Crippen LogP contribution in [-0.4, -0.2) is 56.0 Å². The second-order valence-corrected chi connectivity index (χ2v) is 4.25. The minimum absolute atomic E-state index is 0.0665. The van der Waals surface area contributed by atoms with Crippen LogP contribution >= 0.6 is 0 Å². The van der Waals surface area contributed by atoms with Gasteiger partial charge in [-0.05, 0) is 24.3 Å². The second-order valence-electron chi connectivity index (χ2n) is 4.25. The zero-order chi connectivity index (χ0) is 14.8. The Bertz CT molecular complexity index is 415. The normalized spacial score (nSPS) is 13.5. The number of ether oxygens (including phenoxy) is 3. The molecule has 6 nitrogen and oxygen atoms in total. The van der Waals surface area contributed by atoms with Gasteiger partial charge < -0.3 is 24.4 Å². The van der Waals surface area contributed by atoms with Crippen molar-refractivity contribution >= 4 is 0 Å². The molecule has 0 bridgehead atoms. The highest BCUT2D eigenvalue weighted by atomic mass is 16.5. The molecule has 0 spiro atoms. The summed E-state index contributed by atoms with van der Waals surface area (Å²) in [4.78, 5) is 0. The SMILES string of the molecule is COCC(O)COCC(O)COc1ccc(C#N)cc1. The van der Waals surface area contributed by atoms with Gasteiger partial charge in [0.15, 0.2) is 0 Å². The van der Waals surface area contributed by atoms with Crippen molar-refractivity contribution in [3.8, 4) is 11.8 Å². The van der Waals surface area contributed by atoms with E-state index in [-0.39, 0.29) is 26.4 Å². The average Bonchev–Trinajstić information content (AvgIpc) is 2.46. The summed E-state index contributed by atoms with van der Waals surface area (Å²) >= 11 is 0. The minimum Gasteiger partial charge on any atom is -0.491 e. The highest BCUT2D eigenvalue weighted by Gasteiger charge is 2.08. The molecule has 1 aromatic carbocycles. The van der Waals surface area contributed by atoms with Crippen LogP contribution in [0.1, 0.15) is 5.56 Å². The van der Waals surface area contributed by atoms with Crippen molar-refractivity contribution in [2.45, 2.75) is 12.2 Å². The van der Waals surface area contributed by atoms with Gasteiger partial charge in [-0.25, -0.2) is 0 Å². The first kappa shape index (κ1) is 16.4. The van der Waals surface area contributed by atoms with Crippen molar-refractivity contribution in [1.29, 1.82) is 5.26 Å². The Morgan fingerprint density at radius 2 is 1.65 bits per heavy atom. The topological polar surface area (TPSA) is 91.9 Å². The molecule has 0 saturated carbocycles. The van der Waals surface area contributed by atoms with Gasteiger partial charge in [0.05, 0.1) is 31.5 Å². The maximum Gasteiger partial charge on any atom is 0.119 e. The third kappa shape index (κ3) is 6.50. The molecule has 0 aliphatic heterocycles. The molecule has 1 aromatic rings. The average molecular weight is 281 g/mol. The molecule has 0 saturated heterocycles. The van der Waals surface area contributed by atoms with Crippen LogP contribution in [0.4, 0.5) is 0 Å². The molecule has 0 aliphatic rings. The number of nitrogens with zero attached hydrogens (tertiary/aromatic N) is 1. The van der Waals surface area contributed by atoms with Crippen LogP contribution in [0.2, 0.25) is 0 Å². The number of rotatable bonds is 9. The van der Waals surface area contributed by atoms with Crippen molar-refractivity contribution in [3.63, 3.8) is 0 Å². The molecule has 2 atom stereocenters. The number of nitriles is 1. The molecule has 1 rings (SSSR count). The summed E-state index contributed by atoms with van der Waals surface area (Å²) in [5.74, 6) is 0.572. The third-order valence-electron chi connectivity index (χ3n) is 2.41. The molecule has 0 aliphatic carbocycles. The van der Waals surface area contributed by atoms with Crippen molar-refractivity contribution in [2.75, 3.05) is 33.5 Å². The van der Waals surface area contributed by atoms with E-state index in [0.29, 0.717) is 11.3 Å². The van der Waals surface area contributed by atoms with E-state index in [1.165, 1.54) is 7.11 Å². The van der Waals surface area contributed by atoms with Gasteiger partial charge in [-0.3, -0.25) is 0 Å². The Hall–Kier alpha value is -1.65. The van der Waals surface area contributed by atoms with Gasteiger partial charge in [0.2, 0.25) is 0 Å². The maximum absolute atomic E-state index is 9.64. The standard InChI is InChI=1S/C14H19NO5/c1-18-7-12(16)8-19-9-13(17)10-20-14-4-2-11(6-15)3-5-14/h2-5,12-13,16-17H,7-10H2,1H3. The number of aliphatic hydroxyl groups excluding tert-OH is 2. The van der Waals surface area contributed by atoms with Crippen molar-refractivity contribution in [1.82, 2.24) is 0 Å². The lowest BCUT2D eigenvalue weighted by molar-refractivity contribution is -0.0394. The molecule has 0 radical (unpaired) electrons. The fourth-order valence-corrected chi connectivity index (χ4v) is 1.45. The van der Waals surface area contributed by atoms with Gasteiger partial charge in [-0.1, -0.05) is 0 Å². The summed E-state index contributed by atoms with van der Waals surface area (Å²) in [5, 5.41) is 27.6. The summed E-state index contributed by atoms with van der Waals surface area (Å²) in [7, 11) is 1.49. The van der Waals surface area contributed by atoms with Crippen molar-refractivity contribution < 1.29 is 24.4 Å². The number of hydrogen-bond acceptors (Lipinski definition) is 6. The van der Waals surface area contributed by atoms with E-state index >= 15 is 0 Å². The predicted molar refractivity (Wildman–Crippen MR) is 71.4 cm³/mol. The van der Waals surface area contributed by atoms with E-state index in [0.717, 1.165) is 0 Å². The quantitative estimate of drug-likeness (QED) is 0.677. The Morgan fingerprint density at radius 3 is 2.20 bits per heavy atom. The van der Waals surface area contributed by atoms with E-state index in [1.807, 2.05) is 6.07 Å². The molecule has 2 unspecified atom stereocenters. The number of benzene rings is 1. The molecule has 6 heteroatoms. The fraction of sp³-hybridized carbons (Fsp3) is 0.500. The summed E-state index contributed by atoms with van der Waals surface area (Å²) < 4.78 is 15.2. The molecule has 0 aromatic heterocycles. The molecular weight excluding hydrogens is 262 g/mol. The van der Waals surface area contributed by atoms with Crippen LogP contribution in [0, 0.1) is 11.3 Å². The van der Waals surface area contributed by atoms with Crippen molar-refractivity contribution in [2.24, 2.45) is 0 Å². The van der Waals surface area contributed by atoms with E-state index < -0.39 is 12.2 Å². The lowest BCUT2D eigenvalue weighted by atomic mass is 10.2. The number of aliphatic hydroxyl groups is 2. The lowest BCUT2D eigenvalue weighted by Crippen LogP contribution is -2.27. The van der Waals surface area contributed by atoms with E-state index in [9.17, 15) is 10.2 Å². The molecule has 20 heavy (non-hydrogen) atoms. The zero-order valence-corrected chi connectivity index (χ0v) is 11.4. The zero-order valence-electron chi connectivity index (χ0n) is 11.4. The van der Waals surface area contributed by atoms with Gasteiger partial charge in [0.1, 0.15) is 24.6 Å². The fourth-order valence-electron chi connectivity index (χ4n) is 1.45. The number of methoxy groups -OCH3 is 1. The lowest BCUT2D eigenvalue weighted by Gasteiger charge is -2.14. The van der Waals surface area contributed by atoms with Gasteiger partial charge in [-0.15, -0.1) is 0 Å². The molecular formula is C14H19NO5. The van der Waals surface area contributed by atoms with Crippen LogP contribution < -0.4 is 4.74 Å². The van der Waals surface area contributed by atoms with Gasteiger partial charge in [0.25, 0.3) is 0 Å². The van der Waals surface area contributed by atoms with Crippen LogP contribution in [0.5, 0.6) is 5.75 Å². The molecule has 0 amide bonds. The monoisotopic (exact) mass is 281 g/mol. The third-order valence-corrected chi connectivity index (χ3v) is 2.41. The molecule has 0 fully saturated rings. The molecule has 0 heterocycles. The van der Waals surface area contributed by atoms with Gasteiger partial charge in [0, 0.05) is 7.11 Å². The summed E-state index contributed by atoms with van der Waals surface area (Å²) in [6, 6.07) is 8.61. The summed E-state index contributed by atoms with van der Waals surface area (Å²) in [6.07, 6.45) is -1.49. The molecule has 2 N–H and O–H groups in total. The first-order chi connectivity index (χ1) is 9.65. The predicted octanol–water partition coefficient (Wildman–Crippen LogP) is 0.322. The Morgan fingerprint density at radius 1 is 1.05 bits per heavy atom. The van der Waals surface area contributed by atoms with Gasteiger partial charge >= 0.3 is 0 Å². The number of hydrogen-bond donors (Lipinski definition) is 2.